The zero-order valence-corrected chi connectivity index (χ0v) is 16.0. The summed E-state index contributed by atoms with van der Waals surface area (Å²) >= 11 is 1.40. The molecule has 4 rings (SSSR count). The van der Waals surface area contributed by atoms with Gasteiger partial charge in [0.2, 0.25) is 0 Å². The molecule has 0 aliphatic rings. The Morgan fingerprint density at radius 1 is 1.21 bits per heavy atom. The Hall–Kier alpha value is -3.78. The fraction of sp³-hybridized carbons (Fsp3) is 0.0476. The molecule has 0 bridgehead atoms. The maximum atomic E-state index is 12.2. The number of nitrogens with zero attached hydrogens (tertiary/aromatic N) is 2. The number of hydrogen-bond donors (Lipinski definition) is 1. The Morgan fingerprint density at radius 3 is 2.69 bits per heavy atom. The summed E-state index contributed by atoms with van der Waals surface area (Å²) in [6.45, 7) is 1.87. The van der Waals surface area contributed by atoms with Crippen LogP contribution in [0.3, 0.4) is 0 Å². The number of aryl methyl sites for hydroxylation is 1. The SMILES string of the molecule is Cc1cc(-c2ccccc2)sc1/C(O)=C/c1nc2ccc([N+](=O)[O-])cc2oc1=O. The standard InChI is InChI=1S/C21H14N2O5S/c1-12-9-19(13-5-3-2-4-6-13)29-20(12)17(24)11-16-21(25)28-18-10-14(23(26)27)7-8-15(18)22-16/h2-11,24H,1H3/b17-11-. The molecule has 0 aliphatic heterocycles. The monoisotopic (exact) mass is 406 g/mol. The lowest BCUT2D eigenvalue weighted by Crippen LogP contribution is -2.06. The van der Waals surface area contributed by atoms with Crippen LogP contribution in [0.1, 0.15) is 16.1 Å². The first-order valence-electron chi connectivity index (χ1n) is 8.58. The molecule has 0 aliphatic carbocycles. The largest absolute Gasteiger partial charge is 0.506 e. The minimum atomic E-state index is -0.790. The summed E-state index contributed by atoms with van der Waals surface area (Å²) in [5.41, 5.74) is 1.12. The van der Waals surface area contributed by atoms with E-state index in [2.05, 4.69) is 4.98 Å². The van der Waals surface area contributed by atoms with Gasteiger partial charge in [0.25, 0.3) is 5.69 Å². The molecule has 2 aromatic carbocycles. The first kappa shape index (κ1) is 18.6. The van der Waals surface area contributed by atoms with Crippen molar-refractivity contribution in [1.29, 1.82) is 0 Å². The second-order valence-electron chi connectivity index (χ2n) is 6.31. The van der Waals surface area contributed by atoms with Gasteiger partial charge in [0.15, 0.2) is 11.3 Å². The van der Waals surface area contributed by atoms with Gasteiger partial charge in [-0.3, -0.25) is 10.1 Å². The summed E-state index contributed by atoms with van der Waals surface area (Å²) in [4.78, 5) is 28.3. The smallest absolute Gasteiger partial charge is 0.362 e. The van der Waals surface area contributed by atoms with Gasteiger partial charge < -0.3 is 9.52 Å². The first-order valence-corrected chi connectivity index (χ1v) is 9.40. The van der Waals surface area contributed by atoms with E-state index in [0.29, 0.717) is 4.88 Å². The van der Waals surface area contributed by atoms with Gasteiger partial charge in [0.05, 0.1) is 15.9 Å². The third-order valence-corrected chi connectivity index (χ3v) is 5.60. The minimum absolute atomic E-state index is 0.0134. The predicted molar refractivity (Wildman–Crippen MR) is 112 cm³/mol. The van der Waals surface area contributed by atoms with Crippen LogP contribution in [0.25, 0.3) is 33.4 Å². The average molecular weight is 406 g/mol. The number of aliphatic hydroxyl groups excluding tert-OH is 1. The molecule has 0 radical (unpaired) electrons. The van der Waals surface area contributed by atoms with E-state index >= 15 is 0 Å². The van der Waals surface area contributed by atoms with Gasteiger partial charge >= 0.3 is 5.63 Å². The Balaban J connectivity index is 1.74. The van der Waals surface area contributed by atoms with E-state index < -0.39 is 10.5 Å². The molecule has 0 saturated carbocycles. The van der Waals surface area contributed by atoms with E-state index in [9.17, 15) is 20.0 Å². The summed E-state index contributed by atoms with van der Waals surface area (Å²) in [7, 11) is 0. The highest BCUT2D eigenvalue weighted by atomic mass is 32.1. The van der Waals surface area contributed by atoms with Crippen LogP contribution in [0.15, 0.2) is 63.8 Å². The molecule has 4 aromatic rings. The van der Waals surface area contributed by atoms with E-state index in [4.69, 9.17) is 4.42 Å². The molecule has 0 spiro atoms. The van der Waals surface area contributed by atoms with Crippen LogP contribution in [0.5, 0.6) is 0 Å². The van der Waals surface area contributed by atoms with Crippen molar-refractivity contribution in [1.82, 2.24) is 4.98 Å². The number of hydrogen-bond acceptors (Lipinski definition) is 7. The van der Waals surface area contributed by atoms with Crippen LogP contribution < -0.4 is 5.63 Å². The quantitative estimate of drug-likeness (QED) is 0.284. The van der Waals surface area contributed by atoms with E-state index in [0.717, 1.165) is 22.1 Å². The molecule has 0 saturated heterocycles. The van der Waals surface area contributed by atoms with E-state index in [1.54, 1.807) is 0 Å². The van der Waals surface area contributed by atoms with Crippen molar-refractivity contribution < 1.29 is 14.4 Å². The van der Waals surface area contributed by atoms with Crippen LogP contribution in [0.4, 0.5) is 5.69 Å². The van der Waals surface area contributed by atoms with Crippen LogP contribution in [0, 0.1) is 17.0 Å². The summed E-state index contributed by atoms with van der Waals surface area (Å²) in [6, 6.07) is 15.6. The zero-order chi connectivity index (χ0) is 20.5. The number of nitro benzene ring substituents is 1. The van der Waals surface area contributed by atoms with Crippen molar-refractivity contribution in [3.63, 3.8) is 0 Å². The Morgan fingerprint density at radius 2 is 1.97 bits per heavy atom. The van der Waals surface area contributed by atoms with Crippen molar-refractivity contribution in [2.45, 2.75) is 6.92 Å². The maximum absolute atomic E-state index is 12.2. The van der Waals surface area contributed by atoms with Gasteiger partial charge in [-0.15, -0.1) is 11.3 Å². The van der Waals surface area contributed by atoms with Gasteiger partial charge in [-0.05, 0) is 30.2 Å². The van der Waals surface area contributed by atoms with Crippen molar-refractivity contribution in [3.8, 4) is 10.4 Å². The maximum Gasteiger partial charge on any atom is 0.362 e. The van der Waals surface area contributed by atoms with E-state index in [1.165, 1.54) is 29.5 Å². The molecule has 0 atom stereocenters. The molecule has 0 fully saturated rings. The molecule has 7 nitrogen and oxygen atoms in total. The highest BCUT2D eigenvalue weighted by Crippen LogP contribution is 2.34. The van der Waals surface area contributed by atoms with Crippen LogP contribution >= 0.6 is 11.3 Å². The van der Waals surface area contributed by atoms with Crippen LogP contribution in [0.2, 0.25) is 0 Å². The Bertz CT molecular complexity index is 1320. The fourth-order valence-electron chi connectivity index (χ4n) is 2.89. The number of thiophene rings is 1. The van der Waals surface area contributed by atoms with Crippen molar-refractivity contribution in [3.05, 3.63) is 91.3 Å². The summed E-state index contributed by atoms with van der Waals surface area (Å²) in [5, 5.41) is 21.4. The summed E-state index contributed by atoms with van der Waals surface area (Å²) in [5.74, 6) is -0.101. The Labute approximate surface area is 168 Å². The highest BCUT2D eigenvalue weighted by Gasteiger charge is 2.14. The average Bonchev–Trinajstić information content (AvgIpc) is 3.10. The molecule has 144 valence electrons. The van der Waals surface area contributed by atoms with Crippen molar-refractivity contribution in [2.75, 3.05) is 0 Å². The molecule has 0 amide bonds. The first-order chi connectivity index (χ1) is 13.9. The molecular weight excluding hydrogens is 392 g/mol. The lowest BCUT2D eigenvalue weighted by atomic mass is 10.1. The second kappa shape index (κ2) is 7.33. The molecule has 29 heavy (non-hydrogen) atoms. The highest BCUT2D eigenvalue weighted by molar-refractivity contribution is 7.16. The summed E-state index contributed by atoms with van der Waals surface area (Å²) in [6.07, 6.45) is 1.25. The third-order valence-electron chi connectivity index (χ3n) is 4.29. The van der Waals surface area contributed by atoms with E-state index in [1.807, 2.05) is 43.3 Å². The normalized spacial score (nSPS) is 11.7. The number of benzene rings is 2. The van der Waals surface area contributed by atoms with Gasteiger partial charge in [-0.1, -0.05) is 30.3 Å². The third kappa shape index (κ3) is 3.65. The van der Waals surface area contributed by atoms with Crippen molar-refractivity contribution >= 4 is 40.0 Å². The number of fused-ring (bicyclic) bond motifs is 1. The molecule has 2 aromatic heterocycles. The number of non-ortho nitro benzene ring substituents is 1. The van der Waals surface area contributed by atoms with Crippen LogP contribution in [-0.4, -0.2) is 15.0 Å². The van der Waals surface area contributed by atoms with Gasteiger partial charge in [0, 0.05) is 17.0 Å². The number of aliphatic hydroxyl groups is 1. The number of nitro groups is 1. The molecular formula is C21H14N2O5S. The Kier molecular flexibility index (Phi) is 4.69. The number of rotatable bonds is 4. The minimum Gasteiger partial charge on any atom is -0.506 e. The summed E-state index contributed by atoms with van der Waals surface area (Å²) < 4.78 is 5.15. The van der Waals surface area contributed by atoms with Gasteiger partial charge in [-0.2, -0.15) is 0 Å². The second-order valence-corrected chi connectivity index (χ2v) is 7.37. The topological polar surface area (TPSA) is 106 Å². The molecule has 0 unspecified atom stereocenters. The fourth-order valence-corrected chi connectivity index (χ4v) is 3.98. The van der Waals surface area contributed by atoms with Gasteiger partial charge in [0.1, 0.15) is 11.3 Å². The molecule has 2 heterocycles. The lowest BCUT2D eigenvalue weighted by molar-refractivity contribution is -0.384. The van der Waals surface area contributed by atoms with E-state index in [-0.39, 0.29) is 28.2 Å². The predicted octanol–water partition coefficient (Wildman–Crippen LogP) is 5.19. The zero-order valence-electron chi connectivity index (χ0n) is 15.2. The number of aromatic nitrogens is 1. The van der Waals surface area contributed by atoms with Gasteiger partial charge in [-0.25, -0.2) is 9.78 Å². The molecule has 1 N–H and O–H groups in total. The lowest BCUT2D eigenvalue weighted by Gasteiger charge is -2.00. The van der Waals surface area contributed by atoms with Crippen molar-refractivity contribution in [2.24, 2.45) is 0 Å². The molecule has 8 heteroatoms. The van der Waals surface area contributed by atoms with Crippen LogP contribution in [-0.2, 0) is 0 Å².